The lowest BCUT2D eigenvalue weighted by Gasteiger charge is -2.08. The number of esters is 1. The van der Waals surface area contributed by atoms with Crippen LogP contribution in [0, 0.1) is 10.1 Å². The highest BCUT2D eigenvalue weighted by molar-refractivity contribution is 6.01. The molecule has 0 radical (unpaired) electrons. The minimum absolute atomic E-state index is 0.163. The summed E-state index contributed by atoms with van der Waals surface area (Å²) in [6, 6.07) is 6.16. The summed E-state index contributed by atoms with van der Waals surface area (Å²) in [4.78, 5) is 32.2. The van der Waals surface area contributed by atoms with Crippen molar-refractivity contribution in [2.75, 3.05) is 18.5 Å². The number of carbonyl (C=O) groups excluding carboxylic acids is 2. The zero-order valence-electron chi connectivity index (χ0n) is 9.71. The number of hydrogen-bond acceptors (Lipinski definition) is 5. The van der Waals surface area contributed by atoms with Gasteiger partial charge in [-0.2, -0.15) is 0 Å². The summed E-state index contributed by atoms with van der Waals surface area (Å²) < 4.78 is 4.81. The van der Waals surface area contributed by atoms with Gasteiger partial charge in [-0.25, -0.2) is 4.79 Å². The quantitative estimate of drug-likeness (QED) is 0.480. The molecule has 7 heteroatoms. The van der Waals surface area contributed by atoms with E-state index in [9.17, 15) is 19.7 Å². The Bertz CT molecular complexity index is 472. The Kier molecular flexibility index (Phi) is 4.79. The molecule has 0 aromatic heterocycles. The third-order valence-electron chi connectivity index (χ3n) is 1.97. The zero-order chi connectivity index (χ0) is 13.5. The number of nitrogens with zero attached hydrogens (tertiary/aromatic N) is 1. The second kappa shape index (κ2) is 6.33. The van der Waals surface area contributed by atoms with Gasteiger partial charge in [0, 0.05) is 4.92 Å². The number of nitro groups is 1. The van der Waals surface area contributed by atoms with Gasteiger partial charge in [0.2, 0.25) is 0 Å². The molecule has 0 aliphatic rings. The van der Waals surface area contributed by atoms with Gasteiger partial charge in [-0.1, -0.05) is 12.1 Å². The van der Waals surface area contributed by atoms with Crippen LogP contribution in [0.15, 0.2) is 24.3 Å². The number of rotatable bonds is 5. The molecular formula is C11H12N2O5. The van der Waals surface area contributed by atoms with Crippen molar-refractivity contribution < 1.29 is 19.2 Å². The van der Waals surface area contributed by atoms with Crippen LogP contribution in [0.4, 0.5) is 5.69 Å². The zero-order valence-corrected chi connectivity index (χ0v) is 9.71. The van der Waals surface area contributed by atoms with E-state index < -0.39 is 23.3 Å². The van der Waals surface area contributed by atoms with Crippen LogP contribution in [0.2, 0.25) is 0 Å². The van der Waals surface area contributed by atoms with Gasteiger partial charge < -0.3 is 10.1 Å². The van der Waals surface area contributed by atoms with Gasteiger partial charge >= 0.3 is 5.97 Å². The van der Waals surface area contributed by atoms with E-state index in [-0.39, 0.29) is 17.9 Å². The first-order chi connectivity index (χ1) is 8.54. The monoisotopic (exact) mass is 252 g/mol. The summed E-state index contributed by atoms with van der Waals surface area (Å²) in [5, 5.41) is 12.5. The third-order valence-corrected chi connectivity index (χ3v) is 1.97. The second-order valence-electron chi connectivity index (χ2n) is 3.31. The Morgan fingerprint density at radius 1 is 1.39 bits per heavy atom. The number of hydrogen-bond donors (Lipinski definition) is 1. The minimum Gasteiger partial charge on any atom is -0.462 e. The topological polar surface area (TPSA) is 98.5 Å². The van der Waals surface area contributed by atoms with Crippen molar-refractivity contribution in [2.45, 2.75) is 6.92 Å². The molecule has 0 aliphatic heterocycles. The standard InChI is InChI=1S/C11H12N2O5/c1-2-18-11(15)8-5-3-4-6-9(8)12-10(14)7-13(16)17/h3-6H,2,7H2,1H3,(H,12,14). The Labute approximate surface area is 103 Å². The first-order valence-corrected chi connectivity index (χ1v) is 5.22. The highest BCUT2D eigenvalue weighted by atomic mass is 16.6. The smallest absolute Gasteiger partial charge is 0.340 e. The average molecular weight is 252 g/mol. The molecule has 0 bridgehead atoms. The van der Waals surface area contributed by atoms with E-state index in [0.717, 1.165) is 0 Å². The molecule has 0 unspecified atom stereocenters. The van der Waals surface area contributed by atoms with Crippen LogP contribution in [-0.2, 0) is 9.53 Å². The molecule has 1 aromatic carbocycles. The Hall–Kier alpha value is -2.44. The fourth-order valence-electron chi connectivity index (χ4n) is 1.29. The number of amides is 1. The van der Waals surface area contributed by atoms with Crippen molar-refractivity contribution in [3.05, 3.63) is 39.9 Å². The number of para-hydroxylation sites is 1. The lowest BCUT2D eigenvalue weighted by molar-refractivity contribution is -0.467. The SMILES string of the molecule is CCOC(=O)c1ccccc1NC(=O)C[N+](=O)[O-]. The van der Waals surface area contributed by atoms with Gasteiger partial charge in [0.25, 0.3) is 12.5 Å². The molecule has 0 fully saturated rings. The van der Waals surface area contributed by atoms with Crippen molar-refractivity contribution in [1.29, 1.82) is 0 Å². The molecule has 18 heavy (non-hydrogen) atoms. The molecule has 1 N–H and O–H groups in total. The van der Waals surface area contributed by atoms with Gasteiger partial charge in [-0.15, -0.1) is 0 Å². The molecule has 96 valence electrons. The van der Waals surface area contributed by atoms with Gasteiger partial charge in [-0.05, 0) is 19.1 Å². The highest BCUT2D eigenvalue weighted by Crippen LogP contribution is 2.16. The molecular weight excluding hydrogens is 240 g/mol. The van der Waals surface area contributed by atoms with Crippen LogP contribution in [-0.4, -0.2) is 30.0 Å². The predicted molar refractivity (Wildman–Crippen MR) is 62.9 cm³/mol. The van der Waals surface area contributed by atoms with Crippen LogP contribution in [0.25, 0.3) is 0 Å². The molecule has 0 saturated carbocycles. The molecule has 1 rings (SSSR count). The Morgan fingerprint density at radius 3 is 2.67 bits per heavy atom. The normalized spacial score (nSPS) is 9.61. The first kappa shape index (κ1) is 13.6. The number of benzene rings is 1. The largest absolute Gasteiger partial charge is 0.462 e. The van der Waals surface area contributed by atoms with Crippen molar-refractivity contribution in [3.63, 3.8) is 0 Å². The fourth-order valence-corrected chi connectivity index (χ4v) is 1.29. The molecule has 1 amide bonds. The highest BCUT2D eigenvalue weighted by Gasteiger charge is 2.16. The summed E-state index contributed by atoms with van der Waals surface area (Å²) >= 11 is 0. The van der Waals surface area contributed by atoms with E-state index in [1.165, 1.54) is 12.1 Å². The molecule has 0 atom stereocenters. The van der Waals surface area contributed by atoms with Crippen molar-refractivity contribution in [1.82, 2.24) is 0 Å². The Morgan fingerprint density at radius 2 is 2.06 bits per heavy atom. The second-order valence-corrected chi connectivity index (χ2v) is 3.31. The van der Waals surface area contributed by atoms with Crippen LogP contribution in [0.3, 0.4) is 0 Å². The maximum absolute atomic E-state index is 11.6. The number of carbonyl (C=O) groups is 2. The summed E-state index contributed by atoms with van der Waals surface area (Å²) in [6.07, 6.45) is 0. The summed E-state index contributed by atoms with van der Waals surface area (Å²) in [6.45, 7) is 1.01. The molecule has 0 heterocycles. The molecule has 0 aliphatic carbocycles. The van der Waals surface area contributed by atoms with Crippen LogP contribution in [0.5, 0.6) is 0 Å². The summed E-state index contributed by atoms with van der Waals surface area (Å²) in [5.74, 6) is -1.38. The maximum atomic E-state index is 11.6. The van der Waals surface area contributed by atoms with Gasteiger partial charge in [0.1, 0.15) is 0 Å². The van der Waals surface area contributed by atoms with E-state index in [0.29, 0.717) is 0 Å². The van der Waals surface area contributed by atoms with Crippen LogP contribution >= 0.6 is 0 Å². The van der Waals surface area contributed by atoms with Gasteiger partial charge in [-0.3, -0.25) is 14.9 Å². The van der Waals surface area contributed by atoms with Crippen molar-refractivity contribution >= 4 is 17.6 Å². The van der Waals surface area contributed by atoms with Crippen LogP contribution in [0.1, 0.15) is 17.3 Å². The Balaban J connectivity index is 2.85. The fraction of sp³-hybridized carbons (Fsp3) is 0.273. The maximum Gasteiger partial charge on any atom is 0.340 e. The molecule has 0 spiro atoms. The summed E-state index contributed by atoms with van der Waals surface area (Å²) in [5.41, 5.74) is 0.360. The lowest BCUT2D eigenvalue weighted by Crippen LogP contribution is -2.23. The lowest BCUT2D eigenvalue weighted by atomic mass is 10.2. The number of anilines is 1. The summed E-state index contributed by atoms with van der Waals surface area (Å²) in [7, 11) is 0. The van der Waals surface area contributed by atoms with E-state index in [4.69, 9.17) is 4.74 Å². The predicted octanol–water partition coefficient (Wildman–Crippen LogP) is 1.08. The third kappa shape index (κ3) is 3.85. The van der Waals surface area contributed by atoms with E-state index in [1.807, 2.05) is 0 Å². The first-order valence-electron chi connectivity index (χ1n) is 5.22. The van der Waals surface area contributed by atoms with E-state index in [1.54, 1.807) is 19.1 Å². The molecule has 1 aromatic rings. The number of ether oxygens (including phenoxy) is 1. The van der Waals surface area contributed by atoms with Gasteiger partial charge in [0.15, 0.2) is 0 Å². The molecule has 7 nitrogen and oxygen atoms in total. The average Bonchev–Trinajstić information content (AvgIpc) is 2.28. The van der Waals surface area contributed by atoms with E-state index in [2.05, 4.69) is 5.32 Å². The van der Waals surface area contributed by atoms with Crippen molar-refractivity contribution in [2.24, 2.45) is 0 Å². The van der Waals surface area contributed by atoms with E-state index >= 15 is 0 Å². The van der Waals surface area contributed by atoms with Crippen LogP contribution < -0.4 is 5.32 Å². The molecule has 0 saturated heterocycles. The van der Waals surface area contributed by atoms with Gasteiger partial charge in [0.05, 0.1) is 17.9 Å². The minimum atomic E-state index is -0.850. The van der Waals surface area contributed by atoms with Crippen molar-refractivity contribution in [3.8, 4) is 0 Å². The number of nitrogens with one attached hydrogen (secondary N) is 1.